The minimum absolute atomic E-state index is 0. The molecule has 0 fully saturated rings. The van der Waals surface area contributed by atoms with Crippen molar-refractivity contribution in [2.24, 2.45) is 0 Å². The Balaban J connectivity index is 0.00000136. The predicted octanol–water partition coefficient (Wildman–Crippen LogP) is 8.09. The number of benzene rings is 4. The fourth-order valence-corrected chi connectivity index (χ4v) is 4.96. The third kappa shape index (κ3) is 4.82. The molecule has 5 rings (SSSR count). The molecule has 0 aliphatic heterocycles. The summed E-state index contributed by atoms with van der Waals surface area (Å²) in [5.74, 6) is 0. The zero-order chi connectivity index (χ0) is 21.4. The average Bonchev–Trinajstić information content (AvgIpc) is 3.16. The molecular formula is C30H28Cl2OTi. The summed E-state index contributed by atoms with van der Waals surface area (Å²) in [5, 5.41) is 14.9. The number of aliphatic hydroxyl groups is 1. The normalized spacial score (nSPS) is 13.0. The molecule has 0 heterocycles. The first-order valence-electron chi connectivity index (χ1n) is 10.8. The third-order valence-corrected chi connectivity index (χ3v) is 6.39. The van der Waals surface area contributed by atoms with Crippen LogP contribution >= 0.6 is 24.8 Å². The summed E-state index contributed by atoms with van der Waals surface area (Å²) < 4.78 is 0. The molecule has 0 bridgehead atoms. The van der Waals surface area contributed by atoms with Crippen molar-refractivity contribution in [2.45, 2.75) is 25.9 Å². The maximum absolute atomic E-state index is 12.7. The maximum Gasteiger partial charge on any atom is 0.141 e. The van der Waals surface area contributed by atoms with Crippen LogP contribution in [-0.2, 0) is 27.3 Å². The van der Waals surface area contributed by atoms with Crippen LogP contribution < -0.4 is 0 Å². The van der Waals surface area contributed by atoms with Crippen LogP contribution in [0.3, 0.4) is 0 Å². The van der Waals surface area contributed by atoms with Gasteiger partial charge in [0.25, 0.3) is 0 Å². The van der Waals surface area contributed by atoms with Crippen molar-refractivity contribution in [2.75, 3.05) is 0 Å². The molecular weight excluding hydrogens is 495 g/mol. The molecule has 4 aromatic carbocycles. The van der Waals surface area contributed by atoms with Crippen LogP contribution in [0.1, 0.15) is 42.5 Å². The van der Waals surface area contributed by atoms with Gasteiger partial charge in [-0.2, -0.15) is 0 Å². The van der Waals surface area contributed by atoms with Crippen molar-refractivity contribution >= 4 is 41.2 Å². The molecule has 4 aromatic rings. The van der Waals surface area contributed by atoms with Crippen molar-refractivity contribution < 1.29 is 26.8 Å². The van der Waals surface area contributed by atoms with Crippen molar-refractivity contribution in [3.8, 4) is 0 Å². The van der Waals surface area contributed by atoms with Gasteiger partial charge in [-0.3, -0.25) is 0 Å². The molecule has 0 atom stereocenters. The van der Waals surface area contributed by atoms with Gasteiger partial charge in [0.1, 0.15) is 5.60 Å². The average molecular weight is 523 g/mol. The first-order chi connectivity index (χ1) is 15.1. The Kier molecular flexibility index (Phi) is 9.54. The number of rotatable bonds is 4. The summed E-state index contributed by atoms with van der Waals surface area (Å²) in [7, 11) is 0. The molecule has 4 heteroatoms. The zero-order valence-electron chi connectivity index (χ0n) is 19.3. The van der Waals surface area contributed by atoms with Gasteiger partial charge >= 0.3 is 0 Å². The largest absolute Gasteiger partial charge is 0.376 e. The SMILES string of the molecule is CC1=CC(C)=C(c2ccc3ccccc3c2C(O)(c2ccccc2)c2ccccc2)C1.Cl.Cl.[Ti]. The second-order valence-corrected chi connectivity index (χ2v) is 8.48. The molecule has 0 saturated heterocycles. The van der Waals surface area contributed by atoms with Crippen LogP contribution in [0.4, 0.5) is 0 Å². The fourth-order valence-electron chi connectivity index (χ4n) is 4.96. The Morgan fingerprint density at radius 2 is 1.21 bits per heavy atom. The van der Waals surface area contributed by atoms with Crippen LogP contribution in [-0.4, -0.2) is 5.11 Å². The smallest absolute Gasteiger partial charge is 0.141 e. The Bertz CT molecular complexity index is 1290. The van der Waals surface area contributed by atoms with E-state index in [1.807, 2.05) is 60.7 Å². The standard InChI is InChI=1S/C30H26O.2ClH.Ti/c1-21-19-22(2)28(20-21)27-18-17-23-11-9-10-16-26(23)29(27)30(31,24-12-5-3-6-13-24)25-14-7-4-8-15-25;;;/h3-19,31H,20H2,1-2H3;2*1H;. The molecule has 1 nitrogen and oxygen atoms in total. The third-order valence-electron chi connectivity index (χ3n) is 6.39. The molecule has 1 aliphatic rings. The van der Waals surface area contributed by atoms with Crippen molar-refractivity contribution in [1.82, 2.24) is 0 Å². The molecule has 0 spiro atoms. The summed E-state index contributed by atoms with van der Waals surface area (Å²) >= 11 is 0. The van der Waals surface area contributed by atoms with Crippen molar-refractivity contribution in [3.05, 3.63) is 137 Å². The Labute approximate surface area is 229 Å². The predicted molar refractivity (Wildman–Crippen MR) is 144 cm³/mol. The van der Waals surface area contributed by atoms with E-state index in [1.165, 1.54) is 16.7 Å². The van der Waals surface area contributed by atoms with E-state index in [0.717, 1.165) is 39.4 Å². The number of fused-ring (bicyclic) bond motifs is 1. The molecule has 1 aliphatic carbocycles. The Morgan fingerprint density at radius 1 is 0.676 bits per heavy atom. The van der Waals surface area contributed by atoms with Crippen LogP contribution in [0, 0.1) is 0 Å². The van der Waals surface area contributed by atoms with E-state index in [-0.39, 0.29) is 46.5 Å². The van der Waals surface area contributed by atoms with Crippen LogP contribution in [0.15, 0.2) is 114 Å². The van der Waals surface area contributed by atoms with Gasteiger partial charge < -0.3 is 5.11 Å². The zero-order valence-corrected chi connectivity index (χ0v) is 22.5. The molecule has 0 radical (unpaired) electrons. The molecule has 1 N–H and O–H groups in total. The van der Waals surface area contributed by atoms with Gasteiger partial charge in [-0.1, -0.05) is 109 Å². The summed E-state index contributed by atoms with van der Waals surface area (Å²) in [6.07, 6.45) is 3.18. The van der Waals surface area contributed by atoms with Crippen LogP contribution in [0.5, 0.6) is 0 Å². The van der Waals surface area contributed by atoms with E-state index in [1.54, 1.807) is 0 Å². The van der Waals surface area contributed by atoms with E-state index in [9.17, 15) is 5.11 Å². The van der Waals surface area contributed by atoms with Gasteiger partial charge in [-0.15, -0.1) is 24.8 Å². The van der Waals surface area contributed by atoms with Gasteiger partial charge in [0, 0.05) is 27.3 Å². The Morgan fingerprint density at radius 3 is 1.74 bits per heavy atom. The molecule has 0 unspecified atom stereocenters. The Hall–Kier alpha value is -2.13. The summed E-state index contributed by atoms with van der Waals surface area (Å²) in [6, 6.07) is 32.8. The van der Waals surface area contributed by atoms with Crippen LogP contribution in [0.25, 0.3) is 16.3 Å². The van der Waals surface area contributed by atoms with E-state index in [2.05, 4.69) is 56.3 Å². The molecule has 0 aromatic heterocycles. The molecule has 34 heavy (non-hydrogen) atoms. The van der Waals surface area contributed by atoms with Crippen molar-refractivity contribution in [1.29, 1.82) is 0 Å². The minimum Gasteiger partial charge on any atom is -0.376 e. The van der Waals surface area contributed by atoms with E-state index >= 15 is 0 Å². The number of allylic oxidation sites excluding steroid dienone is 4. The van der Waals surface area contributed by atoms with E-state index in [4.69, 9.17) is 0 Å². The quantitative estimate of drug-likeness (QED) is 0.212. The van der Waals surface area contributed by atoms with Crippen molar-refractivity contribution in [3.63, 3.8) is 0 Å². The van der Waals surface area contributed by atoms with Gasteiger partial charge in [0.2, 0.25) is 0 Å². The van der Waals surface area contributed by atoms with Gasteiger partial charge in [-0.05, 0) is 58.9 Å². The second kappa shape index (κ2) is 11.5. The summed E-state index contributed by atoms with van der Waals surface area (Å²) in [4.78, 5) is 0. The molecule has 0 saturated carbocycles. The molecule has 172 valence electrons. The molecule has 0 amide bonds. The number of hydrogen-bond donors (Lipinski definition) is 1. The first kappa shape index (κ1) is 28.1. The van der Waals surface area contributed by atoms with Gasteiger partial charge in [0.15, 0.2) is 0 Å². The van der Waals surface area contributed by atoms with E-state index < -0.39 is 5.60 Å². The minimum atomic E-state index is -1.28. The maximum atomic E-state index is 12.7. The number of hydrogen-bond acceptors (Lipinski definition) is 1. The number of halogens is 2. The summed E-state index contributed by atoms with van der Waals surface area (Å²) in [6.45, 7) is 4.35. The summed E-state index contributed by atoms with van der Waals surface area (Å²) in [5.41, 5.74) is 6.48. The fraction of sp³-hybridized carbons (Fsp3) is 0.133. The van der Waals surface area contributed by atoms with Gasteiger partial charge in [0.05, 0.1) is 0 Å². The monoisotopic (exact) mass is 522 g/mol. The second-order valence-electron chi connectivity index (χ2n) is 8.48. The van der Waals surface area contributed by atoms with Crippen LogP contribution in [0.2, 0.25) is 0 Å². The topological polar surface area (TPSA) is 20.2 Å². The first-order valence-corrected chi connectivity index (χ1v) is 10.8. The van der Waals surface area contributed by atoms with E-state index in [0.29, 0.717) is 0 Å². The van der Waals surface area contributed by atoms with Gasteiger partial charge in [-0.25, -0.2) is 0 Å².